The van der Waals surface area contributed by atoms with E-state index in [2.05, 4.69) is 45.1 Å². The van der Waals surface area contributed by atoms with Gasteiger partial charge in [-0.05, 0) is 25.3 Å². The highest BCUT2D eigenvalue weighted by Gasteiger charge is 2.09. The molecule has 6 heteroatoms. The summed E-state index contributed by atoms with van der Waals surface area (Å²) in [5.74, 6) is 6.86. The maximum atomic E-state index is 5.39. The second-order valence-electron chi connectivity index (χ2n) is 4.17. The zero-order chi connectivity index (χ0) is 13.0. The minimum atomic E-state index is 0.308. The van der Waals surface area contributed by atoms with Crippen molar-refractivity contribution in [1.29, 1.82) is 0 Å². The average molecular weight is 263 g/mol. The number of rotatable bonds is 5. The molecule has 0 fully saturated rings. The van der Waals surface area contributed by atoms with Crippen LogP contribution < -0.4 is 16.6 Å². The second-order valence-corrected chi connectivity index (χ2v) is 5.20. The molecule has 5 nitrogen and oxygen atoms in total. The molecule has 0 radical (unpaired) electrons. The van der Waals surface area contributed by atoms with Gasteiger partial charge in [-0.2, -0.15) is 0 Å². The van der Waals surface area contributed by atoms with E-state index in [0.29, 0.717) is 11.9 Å². The number of hydrogen-bond acceptors (Lipinski definition) is 6. The highest BCUT2D eigenvalue weighted by molar-refractivity contribution is 7.09. The Morgan fingerprint density at radius 2 is 2.17 bits per heavy atom. The molecule has 2 aromatic rings. The third-order valence-corrected chi connectivity index (χ3v) is 3.59. The van der Waals surface area contributed by atoms with Gasteiger partial charge in [-0.15, -0.1) is 11.3 Å². The number of nitrogens with one attached hydrogen (secondary N) is 2. The minimum Gasteiger partial charge on any atom is -0.367 e. The fraction of sp³-hybridized carbons (Fsp3) is 0.333. The predicted molar refractivity (Wildman–Crippen MR) is 75.7 cm³/mol. The Kier molecular flexibility index (Phi) is 4.11. The molecule has 0 aromatic carbocycles. The number of nitrogens with two attached hydrogens (primary N) is 1. The number of hydrazine groups is 1. The van der Waals surface area contributed by atoms with Crippen LogP contribution in [0.25, 0.3) is 0 Å². The van der Waals surface area contributed by atoms with E-state index in [9.17, 15) is 0 Å². The summed E-state index contributed by atoms with van der Waals surface area (Å²) in [6.45, 7) is 4.08. The molecule has 0 bridgehead atoms. The van der Waals surface area contributed by atoms with Gasteiger partial charge < -0.3 is 10.7 Å². The van der Waals surface area contributed by atoms with Crippen molar-refractivity contribution >= 4 is 23.0 Å². The molecule has 0 saturated heterocycles. The normalized spacial score (nSPS) is 12.2. The van der Waals surface area contributed by atoms with Crippen molar-refractivity contribution in [3.05, 3.63) is 34.3 Å². The predicted octanol–water partition coefficient (Wildman–Crippen LogP) is 2.18. The molecule has 4 N–H and O–H groups in total. The molecule has 2 rings (SSSR count). The third-order valence-electron chi connectivity index (χ3n) is 2.69. The summed E-state index contributed by atoms with van der Waals surface area (Å²) in [4.78, 5) is 9.66. The Morgan fingerprint density at radius 1 is 1.39 bits per heavy atom. The molecular formula is C12H17N5S. The van der Waals surface area contributed by atoms with Gasteiger partial charge in [-0.25, -0.2) is 15.8 Å². The van der Waals surface area contributed by atoms with Gasteiger partial charge in [0.25, 0.3) is 0 Å². The van der Waals surface area contributed by atoms with Crippen LogP contribution in [0.15, 0.2) is 23.8 Å². The van der Waals surface area contributed by atoms with Crippen LogP contribution in [0.2, 0.25) is 0 Å². The highest BCUT2D eigenvalue weighted by atomic mass is 32.1. The van der Waals surface area contributed by atoms with Crippen molar-refractivity contribution < 1.29 is 0 Å². The fourth-order valence-corrected chi connectivity index (χ4v) is 2.59. The number of nitrogen functional groups attached to an aromatic ring is 1. The molecule has 0 saturated carbocycles. The van der Waals surface area contributed by atoms with Crippen LogP contribution in [-0.2, 0) is 6.42 Å². The van der Waals surface area contributed by atoms with Gasteiger partial charge in [0, 0.05) is 22.9 Å². The first-order chi connectivity index (χ1) is 8.70. The van der Waals surface area contributed by atoms with Crippen LogP contribution in [-0.4, -0.2) is 16.0 Å². The lowest BCUT2D eigenvalue weighted by Crippen LogP contribution is -2.20. The quantitative estimate of drug-likeness (QED) is 0.569. The van der Waals surface area contributed by atoms with Crippen molar-refractivity contribution in [3.8, 4) is 0 Å². The van der Waals surface area contributed by atoms with Gasteiger partial charge in [-0.3, -0.25) is 0 Å². The monoisotopic (exact) mass is 263 g/mol. The number of hydrogen-bond donors (Lipinski definition) is 3. The molecule has 2 heterocycles. The zero-order valence-electron chi connectivity index (χ0n) is 10.5. The SMILES string of the molecule is Cc1c(NN)ncnc1NC(C)Cc1cccs1. The lowest BCUT2D eigenvalue weighted by Gasteiger charge is -2.16. The van der Waals surface area contributed by atoms with Gasteiger partial charge in [0.2, 0.25) is 0 Å². The molecule has 1 atom stereocenters. The van der Waals surface area contributed by atoms with Crippen molar-refractivity contribution in [3.63, 3.8) is 0 Å². The smallest absolute Gasteiger partial charge is 0.148 e. The Morgan fingerprint density at radius 3 is 2.83 bits per heavy atom. The van der Waals surface area contributed by atoms with Crippen LogP contribution in [0, 0.1) is 6.92 Å². The molecular weight excluding hydrogens is 246 g/mol. The highest BCUT2D eigenvalue weighted by Crippen LogP contribution is 2.19. The van der Waals surface area contributed by atoms with Crippen molar-refractivity contribution in [1.82, 2.24) is 9.97 Å². The van der Waals surface area contributed by atoms with Crippen molar-refractivity contribution in [2.45, 2.75) is 26.3 Å². The van der Waals surface area contributed by atoms with Gasteiger partial charge in [-0.1, -0.05) is 6.07 Å². The molecule has 18 heavy (non-hydrogen) atoms. The third kappa shape index (κ3) is 2.96. The summed E-state index contributed by atoms with van der Waals surface area (Å²) in [6.07, 6.45) is 2.48. The molecule has 0 aliphatic heterocycles. The maximum Gasteiger partial charge on any atom is 0.148 e. The first-order valence-electron chi connectivity index (χ1n) is 5.78. The van der Waals surface area contributed by atoms with E-state index in [4.69, 9.17) is 5.84 Å². The summed E-state index contributed by atoms with van der Waals surface area (Å²) >= 11 is 1.77. The summed E-state index contributed by atoms with van der Waals surface area (Å²) < 4.78 is 0. The van der Waals surface area contributed by atoms with E-state index in [1.165, 1.54) is 11.2 Å². The van der Waals surface area contributed by atoms with E-state index in [0.717, 1.165) is 17.8 Å². The Bertz CT molecular complexity index is 497. The topological polar surface area (TPSA) is 75.9 Å². The molecule has 0 spiro atoms. The van der Waals surface area contributed by atoms with E-state index in [1.807, 2.05) is 6.92 Å². The zero-order valence-corrected chi connectivity index (χ0v) is 11.3. The summed E-state index contributed by atoms with van der Waals surface area (Å²) in [5.41, 5.74) is 3.49. The van der Waals surface area contributed by atoms with Crippen LogP contribution in [0.5, 0.6) is 0 Å². The van der Waals surface area contributed by atoms with Gasteiger partial charge in [0.15, 0.2) is 0 Å². The molecule has 0 amide bonds. The van der Waals surface area contributed by atoms with Crippen LogP contribution in [0.1, 0.15) is 17.4 Å². The maximum absolute atomic E-state index is 5.39. The number of anilines is 2. The molecule has 0 aliphatic rings. The summed E-state index contributed by atoms with van der Waals surface area (Å²) in [6, 6.07) is 4.52. The first kappa shape index (κ1) is 12.8. The second kappa shape index (κ2) is 5.79. The minimum absolute atomic E-state index is 0.308. The van der Waals surface area contributed by atoms with Gasteiger partial charge >= 0.3 is 0 Å². The molecule has 0 aliphatic carbocycles. The Hall–Kier alpha value is -1.66. The fourth-order valence-electron chi connectivity index (χ4n) is 1.76. The Labute approximate surface area is 110 Å². The Balaban J connectivity index is 2.05. The van der Waals surface area contributed by atoms with Crippen molar-refractivity contribution in [2.24, 2.45) is 5.84 Å². The van der Waals surface area contributed by atoms with E-state index < -0.39 is 0 Å². The molecule has 2 aromatic heterocycles. The van der Waals surface area contributed by atoms with E-state index >= 15 is 0 Å². The number of aromatic nitrogens is 2. The average Bonchev–Trinajstić information content (AvgIpc) is 2.84. The van der Waals surface area contributed by atoms with Gasteiger partial charge in [0.1, 0.15) is 18.0 Å². The lowest BCUT2D eigenvalue weighted by molar-refractivity contribution is 0.791. The first-order valence-corrected chi connectivity index (χ1v) is 6.65. The van der Waals surface area contributed by atoms with E-state index in [1.54, 1.807) is 11.3 Å². The summed E-state index contributed by atoms with van der Waals surface area (Å²) in [7, 11) is 0. The number of thiophene rings is 1. The van der Waals surface area contributed by atoms with Crippen LogP contribution >= 0.6 is 11.3 Å². The van der Waals surface area contributed by atoms with Crippen molar-refractivity contribution in [2.75, 3.05) is 10.7 Å². The molecule has 96 valence electrons. The molecule has 1 unspecified atom stereocenters. The number of nitrogens with zero attached hydrogens (tertiary/aromatic N) is 2. The van der Waals surface area contributed by atoms with Gasteiger partial charge in [0.05, 0.1) is 0 Å². The lowest BCUT2D eigenvalue weighted by atomic mass is 10.2. The standard InChI is InChI=1S/C12H17N5S/c1-8(6-10-4-3-5-18-10)16-11-9(2)12(17-13)15-7-14-11/h3-5,7-8H,6,13H2,1-2H3,(H2,14,15,16,17). The summed E-state index contributed by atoms with van der Waals surface area (Å²) in [5, 5.41) is 5.47. The largest absolute Gasteiger partial charge is 0.367 e. The van der Waals surface area contributed by atoms with Crippen LogP contribution in [0.4, 0.5) is 11.6 Å². The van der Waals surface area contributed by atoms with E-state index in [-0.39, 0.29) is 0 Å². The van der Waals surface area contributed by atoms with Crippen LogP contribution in [0.3, 0.4) is 0 Å².